The highest BCUT2D eigenvalue weighted by Crippen LogP contribution is 2.46. The predicted molar refractivity (Wildman–Crippen MR) is 101 cm³/mol. The van der Waals surface area contributed by atoms with Crippen LogP contribution in [0.2, 0.25) is 0 Å². The highest BCUT2D eigenvalue weighted by Gasteiger charge is 2.42. The molecule has 2 unspecified atom stereocenters. The number of nitrogens with zero attached hydrogens (tertiary/aromatic N) is 2. The maximum atomic E-state index is 11.7. The summed E-state index contributed by atoms with van der Waals surface area (Å²) in [6.45, 7) is 0. The Labute approximate surface area is 149 Å². The Morgan fingerprint density at radius 2 is 2.08 bits per heavy atom. The predicted octanol–water partition coefficient (Wildman–Crippen LogP) is 3.48. The van der Waals surface area contributed by atoms with E-state index >= 15 is 0 Å². The third-order valence-corrected chi connectivity index (χ3v) is 6.12. The van der Waals surface area contributed by atoms with Crippen LogP contribution >= 0.6 is 0 Å². The number of amides is 1. The summed E-state index contributed by atoms with van der Waals surface area (Å²) in [5.41, 5.74) is 10.2. The topological polar surface area (TPSA) is 58.7 Å². The second kappa shape index (κ2) is 6.66. The first kappa shape index (κ1) is 16.4. The maximum Gasteiger partial charge on any atom is 0.248 e. The van der Waals surface area contributed by atoms with Gasteiger partial charge in [-0.3, -0.25) is 9.79 Å². The fourth-order valence-corrected chi connectivity index (χ4v) is 4.91. The van der Waals surface area contributed by atoms with E-state index in [0.717, 1.165) is 12.8 Å². The molecule has 2 aliphatic carbocycles. The van der Waals surface area contributed by atoms with Crippen molar-refractivity contribution in [1.82, 2.24) is 4.90 Å². The standard InChI is InChI=1S/C21H27N3O/c1-24-18-13-15(21(22)25)10-11-16(18)19(14-7-3-2-4-8-14)20(24)17-9-5-6-12-23-17/h6,10-14,16,18H,2-5,7-9H2,1H3,(H2,22,25). The second-order valence-electron chi connectivity index (χ2n) is 7.61. The third-order valence-electron chi connectivity index (χ3n) is 6.12. The Bertz CT molecular complexity index is 719. The summed E-state index contributed by atoms with van der Waals surface area (Å²) in [6, 6.07) is 0.188. The van der Waals surface area contributed by atoms with Gasteiger partial charge < -0.3 is 10.6 Å². The highest BCUT2D eigenvalue weighted by atomic mass is 16.1. The Morgan fingerprint density at radius 1 is 1.28 bits per heavy atom. The number of carbonyl (C=O) groups excluding carboxylic acids is 1. The van der Waals surface area contributed by atoms with Crippen LogP contribution in [0.5, 0.6) is 0 Å². The van der Waals surface area contributed by atoms with Crippen LogP contribution in [0.25, 0.3) is 0 Å². The van der Waals surface area contributed by atoms with Gasteiger partial charge in [-0.1, -0.05) is 37.5 Å². The van der Waals surface area contributed by atoms with Crippen molar-refractivity contribution in [2.24, 2.45) is 22.6 Å². The number of hydrogen-bond acceptors (Lipinski definition) is 3. The van der Waals surface area contributed by atoms with Crippen molar-refractivity contribution in [2.75, 3.05) is 7.05 Å². The van der Waals surface area contributed by atoms with Crippen LogP contribution < -0.4 is 5.73 Å². The first-order chi connectivity index (χ1) is 12.2. The lowest BCUT2D eigenvalue weighted by atomic mass is 9.75. The van der Waals surface area contributed by atoms with Crippen LogP contribution in [0.3, 0.4) is 0 Å². The quantitative estimate of drug-likeness (QED) is 0.857. The van der Waals surface area contributed by atoms with Crippen LogP contribution in [-0.4, -0.2) is 29.6 Å². The molecule has 4 heteroatoms. The molecule has 132 valence electrons. The molecule has 4 nitrogen and oxygen atoms in total. The fraction of sp³-hybridized carbons (Fsp3) is 0.524. The molecule has 0 saturated heterocycles. The molecule has 1 fully saturated rings. The summed E-state index contributed by atoms with van der Waals surface area (Å²) in [6.07, 6.45) is 18.9. The summed E-state index contributed by atoms with van der Waals surface area (Å²) in [5.74, 6) is 0.650. The third kappa shape index (κ3) is 2.88. The minimum absolute atomic E-state index is 0.188. The SMILES string of the molecule is CN1C(C2=NC=CCC2)=C(C2CCCCC2)C2C=CC(C(N)=O)=CC21. The van der Waals surface area contributed by atoms with E-state index in [1.807, 2.05) is 12.3 Å². The molecular formula is C21H27N3O. The molecule has 0 spiro atoms. The molecule has 1 saturated carbocycles. The van der Waals surface area contributed by atoms with Gasteiger partial charge in [0.05, 0.1) is 17.5 Å². The van der Waals surface area contributed by atoms with E-state index in [9.17, 15) is 4.79 Å². The number of rotatable bonds is 3. The summed E-state index contributed by atoms with van der Waals surface area (Å²) in [7, 11) is 2.15. The van der Waals surface area contributed by atoms with E-state index in [4.69, 9.17) is 10.7 Å². The van der Waals surface area contributed by atoms with Gasteiger partial charge in [0.1, 0.15) is 0 Å². The Balaban J connectivity index is 1.77. The van der Waals surface area contributed by atoms with Crippen molar-refractivity contribution in [2.45, 2.75) is 51.0 Å². The van der Waals surface area contributed by atoms with Crippen molar-refractivity contribution in [3.63, 3.8) is 0 Å². The lowest BCUT2D eigenvalue weighted by Crippen LogP contribution is -2.33. The van der Waals surface area contributed by atoms with Crippen molar-refractivity contribution in [1.29, 1.82) is 0 Å². The zero-order valence-electron chi connectivity index (χ0n) is 14.9. The Hall–Kier alpha value is -2.10. The molecule has 0 radical (unpaired) electrons. The summed E-state index contributed by atoms with van der Waals surface area (Å²) in [4.78, 5) is 18.7. The number of nitrogens with two attached hydrogens (primary N) is 1. The van der Waals surface area contributed by atoms with Crippen LogP contribution in [-0.2, 0) is 4.79 Å². The molecule has 0 bridgehead atoms. The first-order valence-corrected chi connectivity index (χ1v) is 9.55. The smallest absolute Gasteiger partial charge is 0.248 e. The van der Waals surface area contributed by atoms with Crippen LogP contribution in [0.15, 0.2) is 52.3 Å². The van der Waals surface area contributed by atoms with Gasteiger partial charge in [-0.15, -0.1) is 0 Å². The Morgan fingerprint density at radius 3 is 2.76 bits per heavy atom. The van der Waals surface area contributed by atoms with Gasteiger partial charge in [0.15, 0.2) is 0 Å². The molecule has 0 aromatic heterocycles. The average molecular weight is 337 g/mol. The van der Waals surface area contributed by atoms with E-state index in [0.29, 0.717) is 17.4 Å². The lowest BCUT2D eigenvalue weighted by molar-refractivity contribution is -0.114. The molecule has 2 aliphatic heterocycles. The van der Waals surface area contributed by atoms with Crippen molar-refractivity contribution >= 4 is 11.6 Å². The average Bonchev–Trinajstić information content (AvgIpc) is 2.95. The van der Waals surface area contributed by atoms with Gasteiger partial charge in [-0.2, -0.15) is 0 Å². The highest BCUT2D eigenvalue weighted by molar-refractivity contribution is 6.02. The lowest BCUT2D eigenvalue weighted by Gasteiger charge is -2.29. The van der Waals surface area contributed by atoms with Crippen molar-refractivity contribution in [3.05, 3.63) is 47.3 Å². The first-order valence-electron chi connectivity index (χ1n) is 9.55. The van der Waals surface area contributed by atoms with Crippen LogP contribution in [0.4, 0.5) is 0 Å². The van der Waals surface area contributed by atoms with Crippen molar-refractivity contribution < 1.29 is 4.79 Å². The number of primary amides is 1. The molecule has 0 aromatic carbocycles. The molecule has 2 heterocycles. The molecule has 2 N–H and O–H groups in total. The molecule has 0 aromatic rings. The molecule has 25 heavy (non-hydrogen) atoms. The minimum Gasteiger partial charge on any atom is -0.366 e. The number of allylic oxidation sites excluding steroid dienone is 2. The van der Waals surface area contributed by atoms with Gasteiger partial charge in [0, 0.05) is 24.7 Å². The number of fused-ring (bicyclic) bond motifs is 1. The van der Waals surface area contributed by atoms with Gasteiger partial charge in [0.2, 0.25) is 5.91 Å². The molecular weight excluding hydrogens is 310 g/mol. The molecule has 1 amide bonds. The van der Waals surface area contributed by atoms with Crippen LogP contribution in [0.1, 0.15) is 44.9 Å². The van der Waals surface area contributed by atoms with Gasteiger partial charge in [-0.05, 0) is 43.3 Å². The second-order valence-corrected chi connectivity index (χ2v) is 7.61. The molecule has 2 atom stereocenters. The van der Waals surface area contributed by atoms with Gasteiger partial charge in [0.25, 0.3) is 0 Å². The summed E-state index contributed by atoms with van der Waals surface area (Å²) in [5, 5.41) is 0. The van der Waals surface area contributed by atoms with E-state index in [2.05, 4.69) is 30.2 Å². The van der Waals surface area contributed by atoms with E-state index in [-0.39, 0.29) is 11.9 Å². The van der Waals surface area contributed by atoms with Crippen molar-refractivity contribution in [3.8, 4) is 0 Å². The van der Waals surface area contributed by atoms with E-state index in [1.165, 1.54) is 43.5 Å². The normalized spacial score (nSPS) is 29.6. The number of aliphatic imine (C=N–C) groups is 1. The van der Waals surface area contributed by atoms with Crippen LogP contribution in [0, 0.1) is 11.8 Å². The maximum absolute atomic E-state index is 11.7. The Kier molecular flexibility index (Phi) is 4.36. The fourth-order valence-electron chi connectivity index (χ4n) is 4.91. The monoisotopic (exact) mass is 337 g/mol. The number of hydrogen-bond donors (Lipinski definition) is 1. The summed E-state index contributed by atoms with van der Waals surface area (Å²) >= 11 is 0. The summed E-state index contributed by atoms with van der Waals surface area (Å²) < 4.78 is 0. The van der Waals surface area contributed by atoms with E-state index in [1.54, 1.807) is 5.57 Å². The van der Waals surface area contributed by atoms with Gasteiger partial charge in [-0.25, -0.2) is 0 Å². The number of carbonyl (C=O) groups is 1. The zero-order chi connectivity index (χ0) is 17.4. The number of likely N-dealkylation sites (N-methyl/N-ethyl adjacent to an activating group) is 1. The minimum atomic E-state index is -0.339. The zero-order valence-corrected chi connectivity index (χ0v) is 14.9. The molecule has 4 aliphatic rings. The van der Waals surface area contributed by atoms with E-state index < -0.39 is 0 Å². The molecule has 4 rings (SSSR count). The van der Waals surface area contributed by atoms with Gasteiger partial charge >= 0.3 is 0 Å². The largest absolute Gasteiger partial charge is 0.366 e.